The highest BCUT2D eigenvalue weighted by Gasteiger charge is 2.23. The van der Waals surface area contributed by atoms with Crippen LogP contribution in [0.5, 0.6) is 0 Å². The van der Waals surface area contributed by atoms with Gasteiger partial charge < -0.3 is 5.32 Å². The van der Waals surface area contributed by atoms with E-state index in [-0.39, 0.29) is 17.2 Å². The van der Waals surface area contributed by atoms with Crippen LogP contribution in [0.3, 0.4) is 0 Å². The van der Waals surface area contributed by atoms with Gasteiger partial charge in [0.2, 0.25) is 5.91 Å². The average Bonchev–Trinajstić information content (AvgIpc) is 3.44. The maximum Gasteiger partial charge on any atom is 0.267 e. The maximum atomic E-state index is 13.1. The lowest BCUT2D eigenvalue weighted by Crippen LogP contribution is -2.28. The summed E-state index contributed by atoms with van der Waals surface area (Å²) in [6.07, 6.45) is 2.09. The Labute approximate surface area is 154 Å². The van der Waals surface area contributed by atoms with E-state index in [9.17, 15) is 9.59 Å². The summed E-state index contributed by atoms with van der Waals surface area (Å²) >= 11 is 1.25. The molecule has 2 aromatic heterocycles. The number of amides is 1. The second-order valence-electron chi connectivity index (χ2n) is 6.32. The number of carbonyl (C=O) groups excluding carboxylic acids is 1. The first-order valence-corrected chi connectivity index (χ1v) is 9.48. The molecule has 0 bridgehead atoms. The van der Waals surface area contributed by atoms with Crippen LogP contribution < -0.4 is 10.9 Å². The van der Waals surface area contributed by atoms with Crippen molar-refractivity contribution in [3.8, 4) is 5.82 Å². The molecule has 0 radical (unpaired) electrons. The third-order valence-corrected chi connectivity index (χ3v) is 5.06. The zero-order valence-electron chi connectivity index (χ0n) is 14.3. The van der Waals surface area contributed by atoms with Gasteiger partial charge in [0.25, 0.3) is 5.56 Å². The molecule has 1 aliphatic rings. The molecule has 7 heteroatoms. The Balaban J connectivity index is 1.77. The van der Waals surface area contributed by atoms with Gasteiger partial charge in [-0.15, -0.1) is 0 Å². The maximum absolute atomic E-state index is 13.1. The number of carbonyl (C=O) groups is 1. The minimum atomic E-state index is -0.182. The summed E-state index contributed by atoms with van der Waals surface area (Å²) in [5.41, 5.74) is 1.25. The van der Waals surface area contributed by atoms with Crippen molar-refractivity contribution in [1.29, 1.82) is 0 Å². The standard InChI is InChI=1S/C19H18N4O2S/c1-12-5-4-8-16(20-12)23-18(25)14-6-2-3-7-15(14)22-19(23)26-11-17(24)21-13-9-10-13/h2-8,13H,9-11H2,1H3,(H,21,24). The Morgan fingerprint density at radius 2 is 2.00 bits per heavy atom. The summed E-state index contributed by atoms with van der Waals surface area (Å²) < 4.78 is 1.49. The molecule has 1 amide bonds. The van der Waals surface area contributed by atoms with Gasteiger partial charge >= 0.3 is 0 Å². The molecule has 4 rings (SSSR count). The van der Waals surface area contributed by atoms with Gasteiger partial charge in [-0.3, -0.25) is 9.59 Å². The number of benzene rings is 1. The molecule has 1 N–H and O–H groups in total. The van der Waals surface area contributed by atoms with Crippen LogP contribution >= 0.6 is 11.8 Å². The number of aromatic nitrogens is 3. The zero-order chi connectivity index (χ0) is 18.1. The SMILES string of the molecule is Cc1cccc(-n2c(SCC(=O)NC3CC3)nc3ccccc3c2=O)n1. The molecular weight excluding hydrogens is 348 g/mol. The summed E-state index contributed by atoms with van der Waals surface area (Å²) in [6, 6.07) is 13.0. The van der Waals surface area contributed by atoms with E-state index >= 15 is 0 Å². The van der Waals surface area contributed by atoms with Crippen LogP contribution in [0.4, 0.5) is 0 Å². The molecule has 2 heterocycles. The van der Waals surface area contributed by atoms with Gasteiger partial charge in [-0.1, -0.05) is 30.0 Å². The average molecular weight is 366 g/mol. The van der Waals surface area contributed by atoms with E-state index < -0.39 is 0 Å². The third-order valence-electron chi connectivity index (χ3n) is 4.12. The Kier molecular flexibility index (Phi) is 4.46. The summed E-state index contributed by atoms with van der Waals surface area (Å²) in [7, 11) is 0. The number of nitrogens with one attached hydrogen (secondary N) is 1. The van der Waals surface area contributed by atoms with Gasteiger partial charge in [0.1, 0.15) is 5.82 Å². The van der Waals surface area contributed by atoms with Gasteiger partial charge in [0.15, 0.2) is 5.16 Å². The van der Waals surface area contributed by atoms with E-state index in [1.54, 1.807) is 18.2 Å². The van der Waals surface area contributed by atoms with E-state index in [0.717, 1.165) is 18.5 Å². The second-order valence-corrected chi connectivity index (χ2v) is 7.26. The highest BCUT2D eigenvalue weighted by molar-refractivity contribution is 7.99. The summed E-state index contributed by atoms with van der Waals surface area (Å²) in [5, 5.41) is 3.95. The predicted octanol–water partition coefficient (Wildman–Crippen LogP) is 2.46. The number of aryl methyl sites for hydroxylation is 1. The summed E-state index contributed by atoms with van der Waals surface area (Å²) in [5.74, 6) is 0.689. The third kappa shape index (κ3) is 3.48. The number of rotatable bonds is 5. The quantitative estimate of drug-likeness (QED) is 0.554. The van der Waals surface area contributed by atoms with Crippen molar-refractivity contribution in [1.82, 2.24) is 19.9 Å². The fourth-order valence-corrected chi connectivity index (χ4v) is 3.50. The Morgan fingerprint density at radius 1 is 1.19 bits per heavy atom. The molecule has 0 spiro atoms. The lowest BCUT2D eigenvalue weighted by atomic mass is 10.2. The van der Waals surface area contributed by atoms with Crippen molar-refractivity contribution < 1.29 is 4.79 Å². The van der Waals surface area contributed by atoms with Crippen molar-refractivity contribution in [2.24, 2.45) is 0 Å². The molecule has 0 aliphatic heterocycles. The van der Waals surface area contributed by atoms with Crippen LogP contribution in [0, 0.1) is 6.92 Å². The summed E-state index contributed by atoms with van der Waals surface area (Å²) in [4.78, 5) is 34.2. The minimum Gasteiger partial charge on any atom is -0.353 e. The van der Waals surface area contributed by atoms with Crippen molar-refractivity contribution in [3.05, 3.63) is 58.5 Å². The number of pyridine rings is 1. The monoisotopic (exact) mass is 366 g/mol. The topological polar surface area (TPSA) is 76.9 Å². The number of hydrogen-bond donors (Lipinski definition) is 1. The van der Waals surface area contributed by atoms with Gasteiger partial charge in [0.05, 0.1) is 16.7 Å². The van der Waals surface area contributed by atoms with E-state index in [4.69, 9.17) is 0 Å². The molecule has 0 saturated heterocycles. The van der Waals surface area contributed by atoms with E-state index in [1.165, 1.54) is 16.3 Å². The van der Waals surface area contributed by atoms with Crippen LogP contribution in [-0.4, -0.2) is 32.2 Å². The van der Waals surface area contributed by atoms with Gasteiger partial charge in [-0.2, -0.15) is 0 Å². The van der Waals surface area contributed by atoms with Crippen LogP contribution in [0.1, 0.15) is 18.5 Å². The smallest absolute Gasteiger partial charge is 0.267 e. The molecule has 6 nitrogen and oxygen atoms in total. The van der Waals surface area contributed by atoms with E-state index in [2.05, 4.69) is 15.3 Å². The minimum absolute atomic E-state index is 0.0383. The first kappa shape index (κ1) is 16.8. The Morgan fingerprint density at radius 3 is 2.77 bits per heavy atom. The van der Waals surface area contributed by atoms with Crippen LogP contribution in [0.15, 0.2) is 52.4 Å². The number of para-hydroxylation sites is 1. The van der Waals surface area contributed by atoms with E-state index in [1.807, 2.05) is 31.2 Å². The molecule has 26 heavy (non-hydrogen) atoms. The Hall–Kier alpha value is -2.67. The lowest BCUT2D eigenvalue weighted by Gasteiger charge is -2.12. The summed E-state index contributed by atoms with van der Waals surface area (Å²) in [6.45, 7) is 1.87. The van der Waals surface area contributed by atoms with E-state index in [0.29, 0.717) is 27.9 Å². The molecule has 1 aromatic carbocycles. The van der Waals surface area contributed by atoms with Gasteiger partial charge in [-0.25, -0.2) is 14.5 Å². The van der Waals surface area contributed by atoms with Crippen LogP contribution in [-0.2, 0) is 4.79 Å². The molecular formula is C19H18N4O2S. The highest BCUT2D eigenvalue weighted by Crippen LogP contribution is 2.22. The van der Waals surface area contributed by atoms with Crippen molar-refractivity contribution in [2.45, 2.75) is 31.0 Å². The highest BCUT2D eigenvalue weighted by atomic mass is 32.2. The van der Waals surface area contributed by atoms with Crippen LogP contribution in [0.2, 0.25) is 0 Å². The zero-order valence-corrected chi connectivity index (χ0v) is 15.1. The van der Waals surface area contributed by atoms with Gasteiger partial charge in [-0.05, 0) is 44.0 Å². The lowest BCUT2D eigenvalue weighted by molar-refractivity contribution is -0.118. The van der Waals surface area contributed by atoms with Crippen LogP contribution in [0.25, 0.3) is 16.7 Å². The molecule has 1 fully saturated rings. The molecule has 132 valence electrons. The molecule has 0 atom stereocenters. The van der Waals surface area contributed by atoms with Crippen molar-refractivity contribution in [2.75, 3.05) is 5.75 Å². The first-order chi connectivity index (χ1) is 12.6. The normalized spacial score (nSPS) is 13.7. The number of thioether (sulfide) groups is 1. The molecule has 1 aliphatic carbocycles. The Bertz CT molecular complexity index is 1040. The number of fused-ring (bicyclic) bond motifs is 1. The van der Waals surface area contributed by atoms with Crippen molar-refractivity contribution in [3.63, 3.8) is 0 Å². The fraction of sp³-hybridized carbons (Fsp3) is 0.263. The molecule has 0 unspecified atom stereocenters. The number of hydrogen-bond acceptors (Lipinski definition) is 5. The second kappa shape index (κ2) is 6.92. The van der Waals surface area contributed by atoms with Gasteiger partial charge in [0, 0.05) is 11.7 Å². The predicted molar refractivity (Wildman–Crippen MR) is 102 cm³/mol. The fourth-order valence-electron chi connectivity index (χ4n) is 2.69. The largest absolute Gasteiger partial charge is 0.353 e. The first-order valence-electron chi connectivity index (χ1n) is 8.50. The number of nitrogens with zero attached hydrogens (tertiary/aromatic N) is 3. The molecule has 3 aromatic rings. The van der Waals surface area contributed by atoms with Crippen molar-refractivity contribution >= 4 is 28.6 Å². The molecule has 1 saturated carbocycles.